The first kappa shape index (κ1) is 37.8. The first-order chi connectivity index (χ1) is 29.7. The molecule has 0 unspecified atom stereocenters. The molecule has 6 heteroatoms. The molecule has 3 aliphatic carbocycles. The third-order valence-corrected chi connectivity index (χ3v) is 16.9. The van der Waals surface area contributed by atoms with Gasteiger partial charge in [-0.25, -0.2) is 0 Å². The van der Waals surface area contributed by atoms with Crippen LogP contribution >= 0.6 is 15.8 Å². The van der Waals surface area contributed by atoms with Crippen molar-refractivity contribution in [1.29, 1.82) is 0 Å². The van der Waals surface area contributed by atoms with E-state index in [4.69, 9.17) is 0 Å². The molecule has 11 rings (SSSR count). The zero-order chi connectivity index (χ0) is 40.4. The fourth-order valence-electron chi connectivity index (χ4n) is 9.45. The molecule has 2 bridgehead atoms. The van der Waals surface area contributed by atoms with Crippen molar-refractivity contribution < 1.29 is 9.59 Å². The molecular weight excluding hydrogens is 771 g/mol. The van der Waals surface area contributed by atoms with E-state index in [2.05, 4.69) is 180 Å². The molecule has 3 aliphatic rings. The van der Waals surface area contributed by atoms with E-state index in [0.29, 0.717) is 0 Å². The Labute approximate surface area is 353 Å². The lowest BCUT2D eigenvalue weighted by atomic mass is 9.53. The van der Waals surface area contributed by atoms with Crippen LogP contribution in [0.25, 0.3) is 0 Å². The maximum atomic E-state index is 15.5. The predicted molar refractivity (Wildman–Crippen MR) is 251 cm³/mol. The van der Waals surface area contributed by atoms with E-state index in [9.17, 15) is 0 Å². The van der Waals surface area contributed by atoms with Gasteiger partial charge in [-0.15, -0.1) is 0 Å². The first-order valence-corrected chi connectivity index (χ1v) is 23.1. The van der Waals surface area contributed by atoms with E-state index in [1.165, 1.54) is 21.2 Å². The van der Waals surface area contributed by atoms with Gasteiger partial charge in [-0.2, -0.15) is 0 Å². The second-order valence-corrected chi connectivity index (χ2v) is 19.7. The summed E-state index contributed by atoms with van der Waals surface area (Å²) in [5.41, 5.74) is 6.01. The highest BCUT2D eigenvalue weighted by Crippen LogP contribution is 2.59. The molecular formula is C54H42N2O2P2. The van der Waals surface area contributed by atoms with Gasteiger partial charge in [0.1, 0.15) is 0 Å². The highest BCUT2D eigenvalue weighted by Gasteiger charge is 2.55. The van der Waals surface area contributed by atoms with Gasteiger partial charge in [0.05, 0.1) is 11.8 Å². The molecule has 290 valence electrons. The molecule has 0 heterocycles. The lowest BCUT2D eigenvalue weighted by Gasteiger charge is -2.49. The molecule has 8 aromatic rings. The van der Waals surface area contributed by atoms with Crippen LogP contribution in [-0.2, 0) is 9.59 Å². The first-order valence-electron chi connectivity index (χ1n) is 20.4. The standard InChI is InChI=1S/C54H42N2O2P2/c57-53(55-45-33-17-19-35-47(45)59(37-21-5-1-6-22-37)38-23-7-2-8-24-38)51-49-41-29-13-15-31-43(41)50(44-32-16-14-30-42(44)49)52(51)54(58)56-46-34-18-20-36-48(46)60(39-25-9-3-10-26-39)40-27-11-4-12-28-40/h1-36,49-52H,(H,55,57)(H,56,58)/t49?,50?,51-,52-/m0/s1. The minimum absolute atomic E-state index is 0.151. The molecule has 60 heavy (non-hydrogen) atoms. The Morgan fingerprint density at radius 2 is 0.567 bits per heavy atom. The van der Waals surface area contributed by atoms with Crippen molar-refractivity contribution in [2.24, 2.45) is 11.8 Å². The van der Waals surface area contributed by atoms with E-state index >= 15 is 9.59 Å². The lowest BCUT2D eigenvalue weighted by Crippen LogP contribution is -2.50. The fourth-order valence-corrected chi connectivity index (χ4v) is 14.3. The topological polar surface area (TPSA) is 58.2 Å². The van der Waals surface area contributed by atoms with E-state index < -0.39 is 27.7 Å². The molecule has 0 saturated heterocycles. The molecule has 2 atom stereocenters. The SMILES string of the molecule is O=C(Nc1ccccc1P(c1ccccc1)c1ccccc1)[C@H]1C2c3ccccc3C(c3ccccc32)[C@@H]1C(=O)Nc1ccccc1P(c1ccccc1)c1ccccc1. The summed E-state index contributed by atoms with van der Waals surface area (Å²) in [6.45, 7) is 0. The van der Waals surface area contributed by atoms with Crippen molar-refractivity contribution in [2.75, 3.05) is 10.6 Å². The van der Waals surface area contributed by atoms with Crippen LogP contribution < -0.4 is 42.5 Å². The van der Waals surface area contributed by atoms with Gasteiger partial charge in [0.15, 0.2) is 0 Å². The molecule has 2 amide bonds. The third kappa shape index (κ3) is 6.97. The van der Waals surface area contributed by atoms with Crippen LogP contribution in [0.2, 0.25) is 0 Å². The van der Waals surface area contributed by atoms with E-state index in [-0.39, 0.29) is 23.7 Å². The van der Waals surface area contributed by atoms with Crippen molar-refractivity contribution >= 4 is 70.9 Å². The van der Waals surface area contributed by atoms with E-state index in [0.717, 1.165) is 44.2 Å². The Bertz CT molecular complexity index is 2480. The van der Waals surface area contributed by atoms with E-state index in [1.54, 1.807) is 0 Å². The maximum Gasteiger partial charge on any atom is 0.229 e. The van der Waals surface area contributed by atoms with Crippen LogP contribution in [0.15, 0.2) is 218 Å². The molecule has 8 aromatic carbocycles. The van der Waals surface area contributed by atoms with Crippen molar-refractivity contribution in [2.45, 2.75) is 11.8 Å². The highest BCUT2D eigenvalue weighted by molar-refractivity contribution is 7.80. The summed E-state index contributed by atoms with van der Waals surface area (Å²) in [6, 6.07) is 75.3. The van der Waals surface area contributed by atoms with Gasteiger partial charge in [-0.1, -0.05) is 206 Å². The quantitative estimate of drug-likeness (QED) is 0.135. The van der Waals surface area contributed by atoms with Crippen molar-refractivity contribution in [3.8, 4) is 0 Å². The Hall–Kier alpha value is -6.44. The zero-order valence-electron chi connectivity index (χ0n) is 32.8. The Kier molecular flexibility index (Phi) is 10.5. The maximum absolute atomic E-state index is 15.5. The number of hydrogen-bond acceptors (Lipinski definition) is 2. The Morgan fingerprint density at radius 1 is 0.317 bits per heavy atom. The molecule has 0 spiro atoms. The van der Waals surface area contributed by atoms with Gasteiger partial charge in [-0.05, 0) is 71.4 Å². The summed E-state index contributed by atoms with van der Waals surface area (Å²) >= 11 is 0. The second kappa shape index (κ2) is 16.7. The average molecular weight is 813 g/mol. The van der Waals surface area contributed by atoms with Crippen LogP contribution in [0.3, 0.4) is 0 Å². The molecule has 0 saturated carbocycles. The molecule has 0 aliphatic heterocycles. The Balaban J connectivity index is 1.07. The monoisotopic (exact) mass is 812 g/mol. The number of carbonyl (C=O) groups excluding carboxylic acids is 2. The zero-order valence-corrected chi connectivity index (χ0v) is 34.6. The normalized spacial score (nSPS) is 17.4. The van der Waals surface area contributed by atoms with Gasteiger partial charge in [0.25, 0.3) is 0 Å². The predicted octanol–water partition coefficient (Wildman–Crippen LogP) is 9.30. The van der Waals surface area contributed by atoms with Crippen LogP contribution in [0, 0.1) is 11.8 Å². The number of carbonyl (C=O) groups is 2. The molecule has 0 fully saturated rings. The number of anilines is 2. The molecule has 0 radical (unpaired) electrons. The van der Waals surface area contributed by atoms with Crippen molar-refractivity contribution in [1.82, 2.24) is 0 Å². The summed E-state index contributed by atoms with van der Waals surface area (Å²) < 4.78 is 0. The Morgan fingerprint density at radius 3 is 0.867 bits per heavy atom. The summed E-state index contributed by atoms with van der Waals surface area (Å²) in [6.07, 6.45) is 0. The van der Waals surface area contributed by atoms with Gasteiger partial charge in [0.2, 0.25) is 11.8 Å². The minimum atomic E-state index is -1.00. The molecule has 4 nitrogen and oxygen atoms in total. The number of fused-ring (bicyclic) bond motifs is 1. The van der Waals surface area contributed by atoms with Crippen LogP contribution in [0.5, 0.6) is 0 Å². The lowest BCUT2D eigenvalue weighted by molar-refractivity contribution is -0.131. The number of benzene rings is 8. The van der Waals surface area contributed by atoms with Crippen LogP contribution in [-0.4, -0.2) is 11.8 Å². The van der Waals surface area contributed by atoms with Gasteiger partial charge in [0, 0.05) is 33.8 Å². The van der Waals surface area contributed by atoms with Gasteiger partial charge >= 0.3 is 0 Å². The molecule has 0 aromatic heterocycles. The number of hydrogen-bond donors (Lipinski definition) is 2. The number of nitrogens with one attached hydrogen (secondary N) is 2. The van der Waals surface area contributed by atoms with Crippen molar-refractivity contribution in [3.05, 3.63) is 241 Å². The number of amides is 2. The number of rotatable bonds is 10. The highest BCUT2D eigenvalue weighted by atomic mass is 31.1. The van der Waals surface area contributed by atoms with Gasteiger partial charge in [-0.3, -0.25) is 9.59 Å². The van der Waals surface area contributed by atoms with Gasteiger partial charge < -0.3 is 10.6 Å². The third-order valence-electron chi connectivity index (χ3n) is 11.9. The average Bonchev–Trinajstić information content (AvgIpc) is 3.31. The summed E-state index contributed by atoms with van der Waals surface area (Å²) in [7, 11) is -2.01. The van der Waals surface area contributed by atoms with Crippen LogP contribution in [0.4, 0.5) is 11.4 Å². The van der Waals surface area contributed by atoms with Crippen molar-refractivity contribution in [3.63, 3.8) is 0 Å². The summed E-state index contributed by atoms with van der Waals surface area (Å²) in [4.78, 5) is 30.9. The second-order valence-electron chi connectivity index (χ2n) is 15.3. The van der Waals surface area contributed by atoms with E-state index in [1.807, 2.05) is 48.5 Å². The summed E-state index contributed by atoms with van der Waals surface area (Å²) in [5, 5.41) is 13.8. The molecule has 2 N–H and O–H groups in total. The number of para-hydroxylation sites is 2. The summed E-state index contributed by atoms with van der Waals surface area (Å²) in [5.74, 6) is -2.27. The fraction of sp³-hybridized carbons (Fsp3) is 0.0741. The van der Waals surface area contributed by atoms with Crippen LogP contribution in [0.1, 0.15) is 34.1 Å². The smallest absolute Gasteiger partial charge is 0.229 e. The minimum Gasteiger partial charge on any atom is -0.325 e. The largest absolute Gasteiger partial charge is 0.325 e.